The van der Waals surface area contributed by atoms with Gasteiger partial charge in [0.05, 0.1) is 18.5 Å². The Morgan fingerprint density at radius 2 is 1.44 bits per heavy atom. The molecule has 0 bridgehead atoms. The first kappa shape index (κ1) is 21.4. The van der Waals surface area contributed by atoms with Crippen molar-refractivity contribution in [2.24, 2.45) is 0 Å². The fourth-order valence-corrected chi connectivity index (χ4v) is 3.21. The summed E-state index contributed by atoms with van der Waals surface area (Å²) in [5.41, 5.74) is 1.81. The molecule has 8 heteroatoms. The zero-order valence-electron chi connectivity index (χ0n) is 16.9. The number of hydrogen-bond donors (Lipinski definition) is 0. The van der Waals surface area contributed by atoms with Crippen molar-refractivity contribution in [3.63, 3.8) is 0 Å². The first-order valence-electron chi connectivity index (χ1n) is 9.88. The van der Waals surface area contributed by atoms with Gasteiger partial charge in [-0.15, -0.1) is 5.10 Å². The van der Waals surface area contributed by atoms with E-state index >= 15 is 0 Å². The molecule has 2 aromatic carbocycles. The van der Waals surface area contributed by atoms with Crippen LogP contribution >= 0.6 is 11.6 Å². The Bertz CT molecular complexity index is 1250. The van der Waals surface area contributed by atoms with Crippen LogP contribution < -0.4 is 9.47 Å². The van der Waals surface area contributed by atoms with E-state index in [1.54, 1.807) is 36.7 Å². The molecule has 32 heavy (non-hydrogen) atoms. The zero-order valence-corrected chi connectivity index (χ0v) is 17.7. The molecule has 4 aromatic rings. The number of rotatable bonds is 7. The molecular weight excluding hydrogens is 430 g/mol. The van der Waals surface area contributed by atoms with Crippen LogP contribution in [-0.4, -0.2) is 27.1 Å². The third kappa shape index (κ3) is 5.44. The smallest absolute Gasteiger partial charge is 0.313 e. The average Bonchev–Trinajstić information content (AvgIpc) is 2.81. The minimum absolute atomic E-state index is 0.107. The van der Waals surface area contributed by atoms with Crippen molar-refractivity contribution >= 4 is 34.3 Å². The van der Waals surface area contributed by atoms with Gasteiger partial charge in [-0.05, 0) is 48.0 Å². The fourth-order valence-electron chi connectivity index (χ4n) is 3.08. The number of hydrogen-bond acceptors (Lipinski definition) is 7. The molecule has 0 fully saturated rings. The first-order valence-corrected chi connectivity index (χ1v) is 10.3. The minimum atomic E-state index is -0.598. The van der Waals surface area contributed by atoms with Crippen molar-refractivity contribution in [2.45, 2.75) is 19.3 Å². The number of pyridine rings is 1. The number of benzene rings is 2. The van der Waals surface area contributed by atoms with Crippen LogP contribution in [-0.2, 0) is 16.0 Å². The number of nitrogens with zero attached hydrogens (tertiary/aromatic N) is 3. The summed E-state index contributed by atoms with van der Waals surface area (Å²) in [6.45, 7) is 0. The molecular formula is C24H18ClN3O4. The minimum Gasteiger partial charge on any atom is -0.427 e. The highest BCUT2D eigenvalue weighted by molar-refractivity contribution is 6.30. The van der Waals surface area contributed by atoms with E-state index in [1.165, 1.54) is 0 Å². The lowest BCUT2D eigenvalue weighted by atomic mass is 10.1. The number of ether oxygens (including phenoxy) is 2. The molecule has 0 unspecified atom stereocenters. The number of esters is 2. The summed E-state index contributed by atoms with van der Waals surface area (Å²) in [6.07, 6.45) is 3.73. The van der Waals surface area contributed by atoms with Gasteiger partial charge in [-0.25, -0.2) is 0 Å². The highest BCUT2D eigenvalue weighted by Gasteiger charge is 2.16. The van der Waals surface area contributed by atoms with Crippen LogP contribution in [0.15, 0.2) is 73.1 Å². The second-order valence-corrected chi connectivity index (χ2v) is 7.37. The Labute approximate surface area is 189 Å². The van der Waals surface area contributed by atoms with Crippen molar-refractivity contribution < 1.29 is 19.1 Å². The van der Waals surface area contributed by atoms with Crippen LogP contribution in [0.1, 0.15) is 24.1 Å². The summed E-state index contributed by atoms with van der Waals surface area (Å²) in [5, 5.41) is 10.4. The summed E-state index contributed by atoms with van der Waals surface area (Å²) in [5.74, 6) is -0.683. The predicted octanol–water partition coefficient (Wildman–Crippen LogP) is 4.56. The van der Waals surface area contributed by atoms with E-state index in [2.05, 4.69) is 15.2 Å². The van der Waals surface area contributed by atoms with E-state index in [0.717, 1.165) is 16.6 Å². The molecule has 0 radical (unpaired) electrons. The maximum Gasteiger partial charge on any atom is 0.313 e. The molecule has 0 aliphatic carbocycles. The lowest BCUT2D eigenvalue weighted by molar-refractivity contribution is -0.140. The molecule has 7 nitrogen and oxygen atoms in total. The van der Waals surface area contributed by atoms with E-state index in [-0.39, 0.29) is 18.7 Å². The maximum atomic E-state index is 12.3. The Balaban J connectivity index is 1.41. The highest BCUT2D eigenvalue weighted by atomic mass is 35.5. The lowest BCUT2D eigenvalue weighted by Crippen LogP contribution is -2.15. The van der Waals surface area contributed by atoms with Crippen LogP contribution in [0.4, 0.5) is 0 Å². The van der Waals surface area contributed by atoms with Crippen molar-refractivity contribution in [3.05, 3.63) is 89.3 Å². The molecule has 0 aliphatic heterocycles. The second kappa shape index (κ2) is 9.98. The van der Waals surface area contributed by atoms with Gasteiger partial charge in [0.2, 0.25) is 5.88 Å². The van der Waals surface area contributed by atoms with E-state index < -0.39 is 11.9 Å². The van der Waals surface area contributed by atoms with Crippen LogP contribution in [0, 0.1) is 0 Å². The molecule has 0 aliphatic rings. The van der Waals surface area contributed by atoms with E-state index in [1.807, 2.05) is 36.4 Å². The highest BCUT2D eigenvalue weighted by Crippen LogP contribution is 2.26. The molecule has 2 heterocycles. The summed E-state index contributed by atoms with van der Waals surface area (Å²) < 4.78 is 10.6. The predicted molar refractivity (Wildman–Crippen MR) is 119 cm³/mol. The SMILES string of the molecule is O=C(CCC(=O)Oc1nnc(Cc2ccncc2)c2ccccc12)Oc1ccc(Cl)cc1. The van der Waals surface area contributed by atoms with Gasteiger partial charge in [-0.3, -0.25) is 14.6 Å². The monoisotopic (exact) mass is 447 g/mol. The molecule has 160 valence electrons. The average molecular weight is 448 g/mol. The maximum absolute atomic E-state index is 12.3. The van der Waals surface area contributed by atoms with E-state index in [0.29, 0.717) is 22.6 Å². The summed E-state index contributed by atoms with van der Waals surface area (Å²) in [6, 6.07) is 17.6. The number of carbonyl (C=O) groups excluding carboxylic acids is 2. The van der Waals surface area contributed by atoms with Crippen LogP contribution in [0.3, 0.4) is 0 Å². The van der Waals surface area contributed by atoms with E-state index in [9.17, 15) is 9.59 Å². The summed E-state index contributed by atoms with van der Waals surface area (Å²) >= 11 is 5.80. The van der Waals surface area contributed by atoms with Gasteiger partial charge in [-0.1, -0.05) is 29.8 Å². The van der Waals surface area contributed by atoms with Gasteiger partial charge in [0.15, 0.2) is 0 Å². The van der Waals surface area contributed by atoms with Crippen LogP contribution in [0.5, 0.6) is 11.6 Å². The van der Waals surface area contributed by atoms with Crippen molar-refractivity contribution in [1.82, 2.24) is 15.2 Å². The molecule has 4 rings (SSSR count). The quantitative estimate of drug-likeness (QED) is 0.303. The van der Waals surface area contributed by atoms with Gasteiger partial charge in [0.25, 0.3) is 0 Å². The standard InChI is InChI=1S/C24H18ClN3O4/c25-17-5-7-18(8-6-17)31-22(29)9-10-23(30)32-24-20-4-2-1-3-19(20)21(27-28-24)15-16-11-13-26-14-12-16/h1-8,11-14H,9-10,15H2. The van der Waals surface area contributed by atoms with Gasteiger partial charge in [-0.2, -0.15) is 5.10 Å². The summed E-state index contributed by atoms with van der Waals surface area (Å²) in [4.78, 5) is 28.3. The number of aromatic nitrogens is 3. The fraction of sp³-hybridized carbons (Fsp3) is 0.125. The zero-order chi connectivity index (χ0) is 22.3. The number of fused-ring (bicyclic) bond motifs is 1. The molecule has 0 amide bonds. The Kier molecular flexibility index (Phi) is 6.67. The molecule has 2 aromatic heterocycles. The Morgan fingerprint density at radius 3 is 2.16 bits per heavy atom. The third-order valence-electron chi connectivity index (χ3n) is 4.64. The molecule has 0 saturated heterocycles. The molecule has 0 atom stereocenters. The third-order valence-corrected chi connectivity index (χ3v) is 4.89. The normalized spacial score (nSPS) is 10.7. The van der Waals surface area contributed by atoms with Gasteiger partial charge in [0, 0.05) is 34.6 Å². The van der Waals surface area contributed by atoms with E-state index in [4.69, 9.17) is 21.1 Å². The van der Waals surface area contributed by atoms with Crippen LogP contribution in [0.25, 0.3) is 10.8 Å². The lowest BCUT2D eigenvalue weighted by Gasteiger charge is -2.09. The molecule has 0 spiro atoms. The largest absolute Gasteiger partial charge is 0.427 e. The van der Waals surface area contributed by atoms with Crippen molar-refractivity contribution in [1.29, 1.82) is 0 Å². The Morgan fingerprint density at radius 1 is 0.781 bits per heavy atom. The van der Waals surface area contributed by atoms with Crippen molar-refractivity contribution in [3.8, 4) is 11.6 Å². The number of carbonyl (C=O) groups is 2. The van der Waals surface area contributed by atoms with Crippen LogP contribution in [0.2, 0.25) is 5.02 Å². The molecule has 0 saturated carbocycles. The van der Waals surface area contributed by atoms with Gasteiger partial charge < -0.3 is 9.47 Å². The number of halogens is 1. The Hall–Kier alpha value is -3.84. The summed E-state index contributed by atoms with van der Waals surface area (Å²) in [7, 11) is 0. The second-order valence-electron chi connectivity index (χ2n) is 6.93. The van der Waals surface area contributed by atoms with Crippen molar-refractivity contribution in [2.75, 3.05) is 0 Å². The van der Waals surface area contributed by atoms with Gasteiger partial charge in [0.1, 0.15) is 5.75 Å². The first-order chi connectivity index (χ1) is 15.6. The topological polar surface area (TPSA) is 91.3 Å². The molecule has 0 N–H and O–H groups in total. The van der Waals surface area contributed by atoms with Gasteiger partial charge >= 0.3 is 11.9 Å².